The number of carbonyl (C=O) groups is 1. The maximum Gasteiger partial charge on any atom is 0.318 e. The number of hydrogen-bond acceptors (Lipinski definition) is 3. The number of nitrogens with zero attached hydrogens (tertiary/aromatic N) is 1. The van der Waals surface area contributed by atoms with E-state index in [0.717, 1.165) is 49.3 Å². The maximum absolute atomic E-state index is 12.4. The molecule has 2 fully saturated rings. The molecule has 0 radical (unpaired) electrons. The molecule has 2 amide bonds. The van der Waals surface area contributed by atoms with Crippen LogP contribution in [0, 0.1) is 0 Å². The van der Waals surface area contributed by atoms with E-state index in [1.54, 1.807) is 0 Å². The van der Waals surface area contributed by atoms with Crippen molar-refractivity contribution in [3.05, 3.63) is 23.8 Å². The van der Waals surface area contributed by atoms with Crippen molar-refractivity contribution in [3.8, 4) is 11.5 Å². The van der Waals surface area contributed by atoms with Gasteiger partial charge >= 0.3 is 6.03 Å². The summed E-state index contributed by atoms with van der Waals surface area (Å²) < 4.78 is 11.5. The molecule has 1 N–H and O–H groups in total. The normalized spacial score (nSPS) is 24.0. The van der Waals surface area contributed by atoms with Gasteiger partial charge in [-0.05, 0) is 31.7 Å². The van der Waals surface area contributed by atoms with Crippen LogP contribution in [-0.2, 0) is 0 Å². The molecule has 2 aliphatic heterocycles. The number of likely N-dealkylation sites (tertiary alicyclic amines) is 1. The van der Waals surface area contributed by atoms with E-state index in [0.29, 0.717) is 19.3 Å². The minimum absolute atomic E-state index is 0.0642. The van der Waals surface area contributed by atoms with E-state index in [-0.39, 0.29) is 12.1 Å². The van der Waals surface area contributed by atoms with Gasteiger partial charge in [0.2, 0.25) is 0 Å². The Hall–Kier alpha value is -1.91. The first-order chi connectivity index (χ1) is 10.3. The van der Waals surface area contributed by atoms with Crippen LogP contribution in [-0.4, -0.2) is 36.7 Å². The Balaban J connectivity index is 1.60. The molecule has 2 heterocycles. The summed E-state index contributed by atoms with van der Waals surface area (Å²) in [5.41, 5.74) is 1.08. The number of ether oxygens (including phenoxy) is 2. The van der Waals surface area contributed by atoms with Gasteiger partial charge < -0.3 is 19.7 Å². The second-order valence-corrected chi connectivity index (χ2v) is 5.95. The third-order valence-electron chi connectivity index (χ3n) is 4.37. The van der Waals surface area contributed by atoms with Gasteiger partial charge in [-0.2, -0.15) is 0 Å². The largest absolute Gasteiger partial charge is 0.486 e. The minimum atomic E-state index is 0.0642. The van der Waals surface area contributed by atoms with Crippen molar-refractivity contribution in [2.24, 2.45) is 0 Å². The highest BCUT2D eigenvalue weighted by Gasteiger charge is 2.35. The predicted molar refractivity (Wildman–Crippen MR) is 77.7 cm³/mol. The molecule has 1 unspecified atom stereocenters. The second kappa shape index (κ2) is 5.13. The number of urea groups is 1. The first kappa shape index (κ1) is 12.8. The molecule has 0 aromatic heterocycles. The molecule has 3 aliphatic rings. The van der Waals surface area contributed by atoms with E-state index < -0.39 is 0 Å². The van der Waals surface area contributed by atoms with Gasteiger partial charge in [-0.25, -0.2) is 4.79 Å². The highest BCUT2D eigenvalue weighted by molar-refractivity contribution is 5.76. The third kappa shape index (κ3) is 2.41. The summed E-state index contributed by atoms with van der Waals surface area (Å²) in [4.78, 5) is 14.3. The number of nitrogens with one attached hydrogen (secondary N) is 1. The van der Waals surface area contributed by atoms with Crippen LogP contribution in [0.4, 0.5) is 4.79 Å². The maximum atomic E-state index is 12.4. The molecule has 1 atom stereocenters. The molecule has 21 heavy (non-hydrogen) atoms. The molecule has 112 valence electrons. The molecule has 1 saturated carbocycles. The number of carbonyl (C=O) groups excluding carboxylic acids is 1. The topological polar surface area (TPSA) is 50.8 Å². The Bertz CT molecular complexity index is 556. The van der Waals surface area contributed by atoms with Crippen LogP contribution >= 0.6 is 0 Å². The lowest BCUT2D eigenvalue weighted by molar-refractivity contribution is 0.163. The van der Waals surface area contributed by atoms with Crippen molar-refractivity contribution in [2.75, 3.05) is 19.8 Å². The smallest absolute Gasteiger partial charge is 0.318 e. The highest BCUT2D eigenvalue weighted by Crippen LogP contribution is 2.42. The Morgan fingerprint density at radius 3 is 2.90 bits per heavy atom. The highest BCUT2D eigenvalue weighted by atomic mass is 16.6. The first-order valence-electron chi connectivity index (χ1n) is 7.78. The fourth-order valence-electron chi connectivity index (χ4n) is 3.18. The van der Waals surface area contributed by atoms with Crippen LogP contribution in [0.15, 0.2) is 18.2 Å². The standard InChI is InChI=1S/C16H20N2O3/c19-16(17-11-6-7-11)18-8-2-4-13(18)12-3-1-5-14-15(12)21-10-9-20-14/h1,3,5,11,13H,2,4,6-10H2,(H,17,19). The summed E-state index contributed by atoms with van der Waals surface area (Å²) in [5, 5.41) is 3.09. The van der Waals surface area contributed by atoms with E-state index >= 15 is 0 Å². The van der Waals surface area contributed by atoms with E-state index in [4.69, 9.17) is 9.47 Å². The van der Waals surface area contributed by atoms with Crippen molar-refractivity contribution in [1.29, 1.82) is 0 Å². The van der Waals surface area contributed by atoms with E-state index in [1.807, 2.05) is 17.0 Å². The zero-order valence-electron chi connectivity index (χ0n) is 12.0. The lowest BCUT2D eigenvalue weighted by Crippen LogP contribution is -2.40. The number of benzene rings is 1. The summed E-state index contributed by atoms with van der Waals surface area (Å²) in [7, 11) is 0. The number of rotatable bonds is 2. The fraction of sp³-hybridized carbons (Fsp3) is 0.562. The van der Waals surface area contributed by atoms with E-state index in [1.165, 1.54) is 0 Å². The van der Waals surface area contributed by atoms with E-state index in [9.17, 15) is 4.79 Å². The SMILES string of the molecule is O=C(NC1CC1)N1CCCC1c1cccc2c1OCCO2. The van der Waals surface area contributed by atoms with Gasteiger partial charge in [0.05, 0.1) is 6.04 Å². The van der Waals surface area contributed by atoms with Gasteiger partial charge in [0.15, 0.2) is 11.5 Å². The molecule has 4 rings (SSSR count). The van der Waals surface area contributed by atoms with Crippen LogP contribution in [0.5, 0.6) is 11.5 Å². The van der Waals surface area contributed by atoms with Crippen molar-refractivity contribution < 1.29 is 14.3 Å². The lowest BCUT2D eigenvalue weighted by atomic mass is 10.0. The summed E-state index contributed by atoms with van der Waals surface area (Å²) in [6, 6.07) is 6.53. The summed E-state index contributed by atoms with van der Waals surface area (Å²) in [6.45, 7) is 1.98. The second-order valence-electron chi connectivity index (χ2n) is 5.95. The zero-order valence-corrected chi connectivity index (χ0v) is 12.0. The molecule has 1 saturated heterocycles. The van der Waals surface area contributed by atoms with Crippen LogP contribution in [0.1, 0.15) is 37.3 Å². The van der Waals surface area contributed by atoms with Gasteiger partial charge in [0.1, 0.15) is 13.2 Å². The Labute approximate surface area is 124 Å². The van der Waals surface area contributed by atoms with Gasteiger partial charge in [-0.1, -0.05) is 12.1 Å². The van der Waals surface area contributed by atoms with Crippen LogP contribution in [0.2, 0.25) is 0 Å². The number of para-hydroxylation sites is 1. The molecule has 1 aromatic rings. The van der Waals surface area contributed by atoms with Crippen molar-refractivity contribution in [3.63, 3.8) is 0 Å². The Morgan fingerprint density at radius 2 is 2.05 bits per heavy atom. The van der Waals surface area contributed by atoms with Crippen LogP contribution in [0.25, 0.3) is 0 Å². The molecule has 0 spiro atoms. The van der Waals surface area contributed by atoms with Crippen molar-refractivity contribution in [1.82, 2.24) is 10.2 Å². The zero-order chi connectivity index (χ0) is 14.2. The van der Waals surface area contributed by atoms with Gasteiger partial charge in [0.25, 0.3) is 0 Å². The van der Waals surface area contributed by atoms with Gasteiger partial charge in [-0.3, -0.25) is 0 Å². The molecule has 1 aliphatic carbocycles. The van der Waals surface area contributed by atoms with Crippen LogP contribution in [0.3, 0.4) is 0 Å². The molecular formula is C16H20N2O3. The summed E-state index contributed by atoms with van der Waals surface area (Å²) in [6.07, 6.45) is 4.25. The minimum Gasteiger partial charge on any atom is -0.486 e. The number of hydrogen-bond donors (Lipinski definition) is 1. The molecule has 0 bridgehead atoms. The molecule has 5 nitrogen and oxygen atoms in total. The fourth-order valence-corrected chi connectivity index (χ4v) is 3.18. The van der Waals surface area contributed by atoms with Crippen LogP contribution < -0.4 is 14.8 Å². The Kier molecular flexibility index (Phi) is 3.13. The van der Waals surface area contributed by atoms with Gasteiger partial charge in [-0.15, -0.1) is 0 Å². The number of amides is 2. The monoisotopic (exact) mass is 288 g/mol. The van der Waals surface area contributed by atoms with E-state index in [2.05, 4.69) is 11.4 Å². The number of fused-ring (bicyclic) bond motifs is 1. The van der Waals surface area contributed by atoms with Crippen molar-refractivity contribution in [2.45, 2.75) is 37.8 Å². The predicted octanol–water partition coefficient (Wildman–Crippen LogP) is 2.47. The average molecular weight is 288 g/mol. The van der Waals surface area contributed by atoms with Gasteiger partial charge in [0, 0.05) is 18.2 Å². The molecular weight excluding hydrogens is 268 g/mol. The Morgan fingerprint density at radius 1 is 1.19 bits per heavy atom. The lowest BCUT2D eigenvalue weighted by Gasteiger charge is -2.29. The quantitative estimate of drug-likeness (QED) is 0.909. The van der Waals surface area contributed by atoms with Crippen molar-refractivity contribution >= 4 is 6.03 Å². The first-order valence-corrected chi connectivity index (χ1v) is 7.78. The molecule has 5 heteroatoms. The third-order valence-corrected chi connectivity index (χ3v) is 4.37. The average Bonchev–Trinajstić information content (AvgIpc) is 3.19. The molecule has 1 aromatic carbocycles. The summed E-state index contributed by atoms with van der Waals surface area (Å²) >= 11 is 0. The summed E-state index contributed by atoms with van der Waals surface area (Å²) in [5.74, 6) is 1.62.